The Balaban J connectivity index is 1.75. The number of halogens is 1. The molecule has 0 spiro atoms. The minimum atomic E-state index is -3.17. The van der Waals surface area contributed by atoms with Crippen molar-refractivity contribution >= 4 is 31.7 Å². The van der Waals surface area contributed by atoms with Gasteiger partial charge in [0.1, 0.15) is 6.10 Å². The van der Waals surface area contributed by atoms with Crippen LogP contribution in [-0.2, 0) is 19.6 Å². The third-order valence-corrected chi connectivity index (χ3v) is 3.77. The Kier molecular flexibility index (Phi) is 5.71. The van der Waals surface area contributed by atoms with Crippen molar-refractivity contribution in [2.24, 2.45) is 0 Å². The average molecular weight is 378 g/mol. The van der Waals surface area contributed by atoms with Gasteiger partial charge in [0.25, 0.3) is 0 Å². The van der Waals surface area contributed by atoms with Gasteiger partial charge in [0, 0.05) is 17.2 Å². The van der Waals surface area contributed by atoms with Crippen LogP contribution in [0, 0.1) is 0 Å². The number of sulfonamides is 1. The predicted molar refractivity (Wildman–Crippen MR) is 81.6 cm³/mol. The summed E-state index contributed by atoms with van der Waals surface area (Å²) in [5.41, 5.74) is 4.36. The van der Waals surface area contributed by atoms with Crippen LogP contribution in [0.5, 0.6) is 0 Å². The number of hydrogen-bond acceptors (Lipinski definition) is 6. The van der Waals surface area contributed by atoms with Crippen molar-refractivity contribution in [2.75, 3.05) is 26.0 Å². The second kappa shape index (κ2) is 7.32. The van der Waals surface area contributed by atoms with Crippen LogP contribution in [0.4, 0.5) is 0 Å². The van der Waals surface area contributed by atoms with Gasteiger partial charge in [-0.15, -0.1) is 0 Å². The molecule has 0 fully saturated rings. The molecule has 0 radical (unpaired) electrons. The van der Waals surface area contributed by atoms with Crippen LogP contribution < -0.4 is 10.2 Å². The SMILES string of the molecule is CS(=O)(=O)NCCOC[C@@H]1C=C(c2ccc(Br)cn2)NO1. The van der Waals surface area contributed by atoms with Gasteiger partial charge in [-0.1, -0.05) is 0 Å². The third kappa shape index (κ3) is 5.71. The van der Waals surface area contributed by atoms with E-state index in [9.17, 15) is 8.42 Å². The lowest BCUT2D eigenvalue weighted by Gasteiger charge is -2.08. The molecule has 2 rings (SSSR count). The van der Waals surface area contributed by atoms with Crippen LogP contribution in [0.15, 0.2) is 28.9 Å². The van der Waals surface area contributed by atoms with E-state index in [0.717, 1.165) is 22.1 Å². The highest BCUT2D eigenvalue weighted by atomic mass is 79.9. The van der Waals surface area contributed by atoms with E-state index in [4.69, 9.17) is 9.57 Å². The molecule has 7 nitrogen and oxygen atoms in total. The molecule has 1 aromatic heterocycles. The van der Waals surface area contributed by atoms with Crippen molar-refractivity contribution in [2.45, 2.75) is 6.10 Å². The van der Waals surface area contributed by atoms with E-state index in [1.807, 2.05) is 18.2 Å². The molecule has 0 amide bonds. The van der Waals surface area contributed by atoms with Gasteiger partial charge in [0.2, 0.25) is 10.0 Å². The van der Waals surface area contributed by atoms with Gasteiger partial charge >= 0.3 is 0 Å². The molecule has 2 N–H and O–H groups in total. The number of nitrogens with one attached hydrogen (secondary N) is 2. The number of pyridine rings is 1. The minimum absolute atomic E-state index is 0.233. The van der Waals surface area contributed by atoms with Gasteiger partial charge in [0.05, 0.1) is 30.9 Å². The maximum atomic E-state index is 10.9. The lowest BCUT2D eigenvalue weighted by atomic mass is 10.2. The molecule has 116 valence electrons. The number of hydrogen-bond donors (Lipinski definition) is 2. The van der Waals surface area contributed by atoms with E-state index < -0.39 is 10.0 Å². The van der Waals surface area contributed by atoms with Gasteiger partial charge in [-0.25, -0.2) is 13.1 Å². The van der Waals surface area contributed by atoms with Crippen LogP contribution in [-0.4, -0.2) is 45.5 Å². The van der Waals surface area contributed by atoms with Crippen molar-refractivity contribution in [1.82, 2.24) is 15.2 Å². The van der Waals surface area contributed by atoms with E-state index in [0.29, 0.717) is 6.61 Å². The summed E-state index contributed by atoms with van der Waals surface area (Å²) in [4.78, 5) is 9.60. The summed E-state index contributed by atoms with van der Waals surface area (Å²) in [5, 5.41) is 0. The molecule has 0 aromatic carbocycles. The Hall–Kier alpha value is -1.00. The van der Waals surface area contributed by atoms with E-state index in [1.54, 1.807) is 6.20 Å². The fraction of sp³-hybridized carbons (Fsp3) is 0.417. The van der Waals surface area contributed by atoms with E-state index in [2.05, 4.69) is 31.1 Å². The van der Waals surface area contributed by atoms with E-state index >= 15 is 0 Å². The topological polar surface area (TPSA) is 89.6 Å². The summed E-state index contributed by atoms with van der Waals surface area (Å²) in [6, 6.07) is 3.76. The summed E-state index contributed by atoms with van der Waals surface area (Å²) in [5.74, 6) is 0. The Morgan fingerprint density at radius 1 is 1.52 bits per heavy atom. The molecule has 21 heavy (non-hydrogen) atoms. The first-order valence-electron chi connectivity index (χ1n) is 6.22. The first-order chi connectivity index (χ1) is 9.94. The maximum absolute atomic E-state index is 10.9. The zero-order valence-electron chi connectivity index (χ0n) is 11.4. The van der Waals surface area contributed by atoms with Gasteiger partial charge in [-0.3, -0.25) is 15.3 Å². The van der Waals surface area contributed by atoms with Gasteiger partial charge < -0.3 is 4.74 Å². The predicted octanol–water partition coefficient (Wildman–Crippen LogP) is 0.654. The molecule has 0 aliphatic carbocycles. The minimum Gasteiger partial charge on any atom is -0.377 e. The molecule has 0 unspecified atom stereocenters. The van der Waals surface area contributed by atoms with Crippen LogP contribution in [0.2, 0.25) is 0 Å². The van der Waals surface area contributed by atoms with E-state index in [1.165, 1.54) is 0 Å². The normalized spacial score (nSPS) is 18.4. The van der Waals surface area contributed by atoms with Crippen molar-refractivity contribution in [3.63, 3.8) is 0 Å². The fourth-order valence-electron chi connectivity index (χ4n) is 1.65. The Bertz CT molecular complexity index is 603. The molecule has 1 aromatic rings. The molecule has 0 bridgehead atoms. The van der Waals surface area contributed by atoms with Crippen molar-refractivity contribution in [3.05, 3.63) is 34.6 Å². The summed E-state index contributed by atoms with van der Waals surface area (Å²) in [6.07, 6.45) is 4.46. The zero-order valence-corrected chi connectivity index (χ0v) is 13.8. The number of aromatic nitrogens is 1. The molecule has 1 aliphatic rings. The lowest BCUT2D eigenvalue weighted by Crippen LogP contribution is -2.27. The van der Waals surface area contributed by atoms with Gasteiger partial charge in [-0.05, 0) is 34.1 Å². The standard InChI is InChI=1S/C12H16BrN3O4S/c1-21(17,18)15-4-5-19-8-10-6-12(16-20-10)11-3-2-9(13)7-14-11/h2-3,6-7,10,15-16H,4-5,8H2,1H3/t10-/m0/s1. The highest BCUT2D eigenvalue weighted by Gasteiger charge is 2.18. The lowest BCUT2D eigenvalue weighted by molar-refractivity contribution is -0.00877. The molecular weight excluding hydrogens is 362 g/mol. The fourth-order valence-corrected chi connectivity index (χ4v) is 2.34. The summed E-state index contributed by atoms with van der Waals surface area (Å²) in [6.45, 7) is 0.856. The van der Waals surface area contributed by atoms with Crippen molar-refractivity contribution in [3.8, 4) is 0 Å². The van der Waals surface area contributed by atoms with Gasteiger partial charge in [0.15, 0.2) is 0 Å². The van der Waals surface area contributed by atoms with Crippen molar-refractivity contribution < 1.29 is 18.0 Å². The number of hydroxylamine groups is 1. The van der Waals surface area contributed by atoms with Crippen LogP contribution in [0.3, 0.4) is 0 Å². The largest absolute Gasteiger partial charge is 0.377 e. The van der Waals surface area contributed by atoms with Crippen LogP contribution in [0.1, 0.15) is 5.69 Å². The molecule has 1 atom stereocenters. The van der Waals surface area contributed by atoms with Crippen LogP contribution >= 0.6 is 15.9 Å². The Morgan fingerprint density at radius 3 is 3.00 bits per heavy atom. The average Bonchev–Trinajstić information content (AvgIpc) is 2.87. The maximum Gasteiger partial charge on any atom is 0.208 e. The first kappa shape index (κ1) is 16.4. The first-order valence-corrected chi connectivity index (χ1v) is 8.90. The third-order valence-electron chi connectivity index (χ3n) is 2.57. The summed E-state index contributed by atoms with van der Waals surface area (Å²) >= 11 is 3.33. The number of nitrogens with zero attached hydrogens (tertiary/aromatic N) is 1. The highest BCUT2D eigenvalue weighted by molar-refractivity contribution is 9.10. The molecule has 9 heteroatoms. The quantitative estimate of drug-likeness (QED) is 0.678. The molecule has 2 heterocycles. The smallest absolute Gasteiger partial charge is 0.208 e. The van der Waals surface area contributed by atoms with Crippen LogP contribution in [0.25, 0.3) is 5.70 Å². The Morgan fingerprint density at radius 2 is 2.33 bits per heavy atom. The molecule has 0 saturated heterocycles. The Labute approximate surface area is 131 Å². The molecule has 0 saturated carbocycles. The zero-order chi connectivity index (χ0) is 15.3. The monoisotopic (exact) mass is 377 g/mol. The van der Waals surface area contributed by atoms with Crippen molar-refractivity contribution in [1.29, 1.82) is 0 Å². The second-order valence-corrected chi connectivity index (χ2v) is 7.19. The molecular formula is C12H16BrN3O4S. The highest BCUT2D eigenvalue weighted by Crippen LogP contribution is 2.18. The second-order valence-electron chi connectivity index (χ2n) is 4.44. The summed E-state index contributed by atoms with van der Waals surface area (Å²) in [7, 11) is -3.17. The number of ether oxygens (including phenoxy) is 1. The molecule has 1 aliphatic heterocycles. The summed E-state index contributed by atoms with van der Waals surface area (Å²) < 4.78 is 30.3. The van der Waals surface area contributed by atoms with E-state index in [-0.39, 0.29) is 19.3 Å². The van der Waals surface area contributed by atoms with Gasteiger partial charge in [-0.2, -0.15) is 0 Å². The number of rotatable bonds is 7.